The highest BCUT2D eigenvalue weighted by Crippen LogP contribution is 2.46. The fourth-order valence-electron chi connectivity index (χ4n) is 4.06. The molecular weight excluding hydrogens is 356 g/mol. The summed E-state index contributed by atoms with van der Waals surface area (Å²) in [5.41, 5.74) is 3.62. The van der Waals surface area contributed by atoms with Crippen LogP contribution in [0.2, 0.25) is 0 Å². The van der Waals surface area contributed by atoms with E-state index in [9.17, 15) is 0 Å². The lowest BCUT2D eigenvalue weighted by Crippen LogP contribution is -2.22. The number of ether oxygens (including phenoxy) is 3. The van der Waals surface area contributed by atoms with E-state index in [2.05, 4.69) is 10.3 Å². The van der Waals surface area contributed by atoms with Crippen molar-refractivity contribution in [2.75, 3.05) is 12.4 Å². The first-order chi connectivity index (χ1) is 13.7. The number of nitrogens with one attached hydrogen (secondary N) is 1. The Kier molecular flexibility index (Phi) is 4.26. The molecular formula is C22H24N2O4. The predicted molar refractivity (Wildman–Crippen MR) is 107 cm³/mol. The van der Waals surface area contributed by atoms with Crippen molar-refractivity contribution in [3.63, 3.8) is 0 Å². The third kappa shape index (κ3) is 3.13. The molecule has 3 aromatic rings. The molecule has 1 fully saturated rings. The number of rotatable bonds is 4. The summed E-state index contributed by atoms with van der Waals surface area (Å²) in [5, 5.41) is 3.45. The van der Waals surface area contributed by atoms with Crippen LogP contribution in [0.1, 0.15) is 39.0 Å². The Labute approximate surface area is 163 Å². The van der Waals surface area contributed by atoms with Gasteiger partial charge in [-0.15, -0.1) is 0 Å². The van der Waals surface area contributed by atoms with Crippen LogP contribution >= 0.6 is 0 Å². The maximum Gasteiger partial charge on any atom is 0.295 e. The molecule has 1 atom stereocenters. The van der Waals surface area contributed by atoms with Crippen LogP contribution in [0, 0.1) is 0 Å². The van der Waals surface area contributed by atoms with E-state index in [4.69, 9.17) is 18.6 Å². The number of methoxy groups -OCH3 is 1. The Balaban J connectivity index is 1.46. The number of oxazole rings is 1. The first-order valence-electron chi connectivity index (χ1n) is 9.92. The summed E-state index contributed by atoms with van der Waals surface area (Å²) in [5.74, 6) is 2.01. The molecule has 5 rings (SSSR count). The van der Waals surface area contributed by atoms with E-state index in [1.807, 2.05) is 37.3 Å². The van der Waals surface area contributed by atoms with Gasteiger partial charge in [-0.1, -0.05) is 25.3 Å². The van der Waals surface area contributed by atoms with Crippen LogP contribution in [0.4, 0.5) is 6.01 Å². The molecule has 1 N–H and O–H groups in total. The Morgan fingerprint density at radius 3 is 2.71 bits per heavy atom. The van der Waals surface area contributed by atoms with E-state index < -0.39 is 0 Å². The molecule has 6 nitrogen and oxygen atoms in total. The highest BCUT2D eigenvalue weighted by atomic mass is 16.7. The zero-order valence-electron chi connectivity index (χ0n) is 16.2. The molecule has 0 saturated heterocycles. The lowest BCUT2D eigenvalue weighted by molar-refractivity contribution is 0.0664. The van der Waals surface area contributed by atoms with E-state index in [0.717, 1.165) is 22.2 Å². The first-order valence-corrected chi connectivity index (χ1v) is 9.92. The number of nitrogens with zero attached hydrogens (tertiary/aromatic N) is 1. The molecule has 0 spiro atoms. The Morgan fingerprint density at radius 1 is 1.04 bits per heavy atom. The molecule has 1 aliphatic carbocycles. The maximum absolute atomic E-state index is 5.90. The molecule has 0 radical (unpaired) electrons. The Bertz CT molecular complexity index is 1010. The van der Waals surface area contributed by atoms with Gasteiger partial charge in [-0.3, -0.25) is 0 Å². The van der Waals surface area contributed by atoms with Crippen molar-refractivity contribution in [3.8, 4) is 28.4 Å². The molecule has 1 saturated carbocycles. The monoisotopic (exact) mass is 380 g/mol. The first kappa shape index (κ1) is 17.2. The van der Waals surface area contributed by atoms with Gasteiger partial charge in [-0.2, -0.15) is 4.98 Å². The second-order valence-electron chi connectivity index (χ2n) is 7.49. The average molecular weight is 380 g/mol. The zero-order valence-corrected chi connectivity index (χ0v) is 16.2. The minimum absolute atomic E-state index is 0.314. The van der Waals surface area contributed by atoms with Crippen molar-refractivity contribution in [1.29, 1.82) is 0 Å². The molecule has 28 heavy (non-hydrogen) atoms. The van der Waals surface area contributed by atoms with E-state index in [1.54, 1.807) is 7.11 Å². The van der Waals surface area contributed by atoms with Gasteiger partial charge in [-0.05, 0) is 48.2 Å². The van der Waals surface area contributed by atoms with Crippen LogP contribution in [0.15, 0.2) is 34.7 Å². The van der Waals surface area contributed by atoms with Gasteiger partial charge in [0.25, 0.3) is 6.01 Å². The standard InChI is InChI=1S/C22H24N2O4/c1-13-26-20-12-15(11-19(25-2)21(20)27-13)14-8-9-18-17(10-14)24-22(28-18)23-16-6-4-3-5-7-16/h8-13,16H,3-7H2,1-2H3,(H,23,24). The number of aromatic nitrogens is 1. The van der Waals surface area contributed by atoms with Crippen LogP contribution in [-0.4, -0.2) is 24.4 Å². The van der Waals surface area contributed by atoms with E-state index >= 15 is 0 Å². The van der Waals surface area contributed by atoms with Gasteiger partial charge in [-0.25, -0.2) is 0 Å². The maximum atomic E-state index is 5.90. The summed E-state index contributed by atoms with van der Waals surface area (Å²) in [6.07, 6.45) is 5.91. The summed E-state index contributed by atoms with van der Waals surface area (Å²) < 4.78 is 22.8. The van der Waals surface area contributed by atoms with Gasteiger partial charge >= 0.3 is 0 Å². The minimum Gasteiger partial charge on any atom is -0.493 e. The second-order valence-corrected chi connectivity index (χ2v) is 7.49. The summed E-state index contributed by atoms with van der Waals surface area (Å²) in [6.45, 7) is 1.86. The smallest absolute Gasteiger partial charge is 0.295 e. The lowest BCUT2D eigenvalue weighted by Gasteiger charge is -2.21. The average Bonchev–Trinajstić information content (AvgIpc) is 3.28. The fourth-order valence-corrected chi connectivity index (χ4v) is 4.06. The minimum atomic E-state index is -0.314. The van der Waals surface area contributed by atoms with Crippen LogP contribution in [0.25, 0.3) is 22.2 Å². The number of benzene rings is 2. The van der Waals surface area contributed by atoms with Crippen molar-refractivity contribution >= 4 is 17.1 Å². The van der Waals surface area contributed by atoms with Crippen LogP contribution in [0.3, 0.4) is 0 Å². The molecule has 0 amide bonds. The quantitative estimate of drug-likeness (QED) is 0.657. The highest BCUT2D eigenvalue weighted by molar-refractivity contribution is 5.83. The van der Waals surface area contributed by atoms with Gasteiger partial charge in [0.2, 0.25) is 12.0 Å². The topological polar surface area (TPSA) is 65.8 Å². The molecule has 146 valence electrons. The van der Waals surface area contributed by atoms with E-state index in [0.29, 0.717) is 29.3 Å². The van der Waals surface area contributed by atoms with Crippen molar-refractivity contribution in [3.05, 3.63) is 30.3 Å². The molecule has 1 aromatic heterocycles. The van der Waals surface area contributed by atoms with Gasteiger partial charge in [0, 0.05) is 13.0 Å². The summed E-state index contributed by atoms with van der Waals surface area (Å²) in [4.78, 5) is 4.66. The van der Waals surface area contributed by atoms with Crippen molar-refractivity contribution < 1.29 is 18.6 Å². The van der Waals surface area contributed by atoms with Gasteiger partial charge in [0.15, 0.2) is 17.1 Å². The third-order valence-electron chi connectivity index (χ3n) is 5.47. The molecule has 2 heterocycles. The number of fused-ring (bicyclic) bond motifs is 2. The van der Waals surface area contributed by atoms with Gasteiger partial charge in [0.05, 0.1) is 7.11 Å². The van der Waals surface area contributed by atoms with Crippen LogP contribution in [0.5, 0.6) is 17.2 Å². The number of hydrogen-bond donors (Lipinski definition) is 1. The SMILES string of the molecule is COc1cc(-c2ccc3oc(NC4CCCCC4)nc3c2)cc2c1OC(C)O2. The van der Waals surface area contributed by atoms with Crippen LogP contribution < -0.4 is 19.5 Å². The third-order valence-corrected chi connectivity index (χ3v) is 5.47. The molecule has 0 bridgehead atoms. The highest BCUT2D eigenvalue weighted by Gasteiger charge is 2.25. The largest absolute Gasteiger partial charge is 0.493 e. The molecule has 2 aromatic carbocycles. The van der Waals surface area contributed by atoms with E-state index in [-0.39, 0.29) is 6.29 Å². The van der Waals surface area contributed by atoms with E-state index in [1.165, 1.54) is 32.1 Å². The molecule has 6 heteroatoms. The zero-order chi connectivity index (χ0) is 19.1. The number of hydrogen-bond acceptors (Lipinski definition) is 6. The summed E-state index contributed by atoms with van der Waals surface area (Å²) in [6, 6.07) is 11.0. The van der Waals surface area contributed by atoms with Crippen molar-refractivity contribution in [1.82, 2.24) is 4.98 Å². The molecule has 1 unspecified atom stereocenters. The van der Waals surface area contributed by atoms with Gasteiger partial charge < -0.3 is 23.9 Å². The summed E-state index contributed by atoms with van der Waals surface area (Å²) >= 11 is 0. The van der Waals surface area contributed by atoms with Crippen molar-refractivity contribution in [2.45, 2.75) is 51.4 Å². The Morgan fingerprint density at radius 2 is 1.89 bits per heavy atom. The second kappa shape index (κ2) is 6.93. The predicted octanol–water partition coefficient (Wildman–Crippen LogP) is 5.37. The van der Waals surface area contributed by atoms with Gasteiger partial charge in [0.1, 0.15) is 5.52 Å². The lowest BCUT2D eigenvalue weighted by atomic mass is 9.96. The molecule has 2 aliphatic rings. The van der Waals surface area contributed by atoms with Crippen LogP contribution in [-0.2, 0) is 0 Å². The number of anilines is 1. The normalized spacial score (nSPS) is 19.1. The Hall–Kier alpha value is -2.89. The van der Waals surface area contributed by atoms with Crippen molar-refractivity contribution in [2.24, 2.45) is 0 Å². The molecule has 1 aliphatic heterocycles. The summed E-state index contributed by atoms with van der Waals surface area (Å²) in [7, 11) is 1.63. The fraction of sp³-hybridized carbons (Fsp3) is 0.409.